The quantitative estimate of drug-likeness (QED) is 0.722. The first-order valence-electron chi connectivity index (χ1n) is 5.60. The van der Waals surface area contributed by atoms with Crippen molar-refractivity contribution in [1.82, 2.24) is 0 Å². The van der Waals surface area contributed by atoms with E-state index in [0.717, 1.165) is 11.3 Å². The average molecular weight is 241 g/mol. The van der Waals surface area contributed by atoms with Gasteiger partial charge in [-0.15, -0.1) is 0 Å². The number of hydrogen-bond donors (Lipinski definition) is 3. The van der Waals surface area contributed by atoms with E-state index in [9.17, 15) is 4.79 Å². The molecule has 0 saturated carbocycles. The molecular weight excluding hydrogens is 226 g/mol. The SMILES string of the molecule is Cc1ccccc1Nc1c(N)cccc1C(N)=O. The third-order valence-corrected chi connectivity index (χ3v) is 2.77. The molecule has 0 saturated heterocycles. The Hall–Kier alpha value is -2.49. The standard InChI is InChI=1S/C14H15N3O/c1-9-5-2-3-8-12(9)17-13-10(14(16)18)6-4-7-11(13)15/h2-8,17H,15H2,1H3,(H2,16,18). The number of anilines is 3. The zero-order chi connectivity index (χ0) is 13.1. The maximum Gasteiger partial charge on any atom is 0.250 e. The lowest BCUT2D eigenvalue weighted by atomic mass is 10.1. The molecule has 0 unspecified atom stereocenters. The van der Waals surface area contributed by atoms with E-state index in [1.807, 2.05) is 31.2 Å². The summed E-state index contributed by atoms with van der Waals surface area (Å²) in [5.74, 6) is -0.501. The van der Waals surface area contributed by atoms with Crippen LogP contribution in [0.2, 0.25) is 0 Å². The summed E-state index contributed by atoms with van der Waals surface area (Å²) in [6.07, 6.45) is 0. The van der Waals surface area contributed by atoms with Gasteiger partial charge in [0, 0.05) is 5.69 Å². The first-order chi connectivity index (χ1) is 8.59. The predicted molar refractivity (Wildman–Crippen MR) is 73.8 cm³/mol. The summed E-state index contributed by atoms with van der Waals surface area (Å²) in [5.41, 5.74) is 14.6. The highest BCUT2D eigenvalue weighted by Gasteiger charge is 2.11. The van der Waals surface area contributed by atoms with E-state index in [2.05, 4.69) is 5.32 Å². The zero-order valence-corrected chi connectivity index (χ0v) is 10.1. The number of amides is 1. The predicted octanol–water partition coefficient (Wildman–Crippen LogP) is 2.42. The van der Waals surface area contributed by atoms with Crippen molar-refractivity contribution >= 4 is 23.0 Å². The van der Waals surface area contributed by atoms with Crippen LogP contribution in [0.3, 0.4) is 0 Å². The van der Waals surface area contributed by atoms with Gasteiger partial charge in [-0.25, -0.2) is 0 Å². The Morgan fingerprint density at radius 3 is 2.50 bits per heavy atom. The lowest BCUT2D eigenvalue weighted by Gasteiger charge is -2.14. The minimum Gasteiger partial charge on any atom is -0.397 e. The van der Waals surface area contributed by atoms with Crippen LogP contribution < -0.4 is 16.8 Å². The molecule has 0 aromatic heterocycles. The van der Waals surface area contributed by atoms with Gasteiger partial charge in [-0.05, 0) is 30.7 Å². The number of carbonyl (C=O) groups excluding carboxylic acids is 1. The Morgan fingerprint density at radius 1 is 1.11 bits per heavy atom. The maximum absolute atomic E-state index is 11.4. The Bertz CT molecular complexity index is 593. The number of benzene rings is 2. The number of aryl methyl sites for hydroxylation is 1. The van der Waals surface area contributed by atoms with E-state index in [1.165, 1.54) is 0 Å². The van der Waals surface area contributed by atoms with E-state index >= 15 is 0 Å². The van der Waals surface area contributed by atoms with Gasteiger partial charge in [0.05, 0.1) is 16.9 Å². The molecule has 1 amide bonds. The molecule has 0 atom stereocenters. The van der Waals surface area contributed by atoms with Crippen LogP contribution >= 0.6 is 0 Å². The molecule has 2 aromatic carbocycles. The molecular formula is C14H15N3O. The van der Waals surface area contributed by atoms with Crippen molar-refractivity contribution in [3.8, 4) is 0 Å². The van der Waals surface area contributed by atoms with Crippen molar-refractivity contribution in [2.24, 2.45) is 5.73 Å². The van der Waals surface area contributed by atoms with Crippen LogP contribution in [0, 0.1) is 6.92 Å². The smallest absolute Gasteiger partial charge is 0.250 e. The van der Waals surface area contributed by atoms with Crippen molar-refractivity contribution in [1.29, 1.82) is 0 Å². The fourth-order valence-corrected chi connectivity index (χ4v) is 1.76. The van der Waals surface area contributed by atoms with Crippen molar-refractivity contribution < 1.29 is 4.79 Å². The summed E-state index contributed by atoms with van der Waals surface area (Å²) in [6.45, 7) is 1.98. The Balaban J connectivity index is 2.46. The molecule has 0 aliphatic heterocycles. The number of hydrogen-bond acceptors (Lipinski definition) is 3. The topological polar surface area (TPSA) is 81.1 Å². The number of carbonyl (C=O) groups is 1. The number of para-hydroxylation sites is 2. The Kier molecular flexibility index (Phi) is 3.19. The second-order valence-electron chi connectivity index (χ2n) is 4.07. The van der Waals surface area contributed by atoms with Gasteiger partial charge in [-0.1, -0.05) is 24.3 Å². The minimum atomic E-state index is -0.501. The number of nitrogens with two attached hydrogens (primary N) is 2. The fraction of sp³-hybridized carbons (Fsp3) is 0.0714. The zero-order valence-electron chi connectivity index (χ0n) is 10.1. The molecule has 0 fully saturated rings. The second kappa shape index (κ2) is 4.79. The van der Waals surface area contributed by atoms with Gasteiger partial charge >= 0.3 is 0 Å². The van der Waals surface area contributed by atoms with Crippen LogP contribution in [0.5, 0.6) is 0 Å². The summed E-state index contributed by atoms with van der Waals surface area (Å²) in [5, 5.41) is 3.16. The first kappa shape index (κ1) is 12.0. The third kappa shape index (κ3) is 2.27. The molecule has 92 valence electrons. The number of primary amides is 1. The lowest BCUT2D eigenvalue weighted by Crippen LogP contribution is -2.14. The van der Waals surface area contributed by atoms with Gasteiger partial charge < -0.3 is 16.8 Å². The van der Waals surface area contributed by atoms with Gasteiger partial charge in [0.1, 0.15) is 0 Å². The van der Waals surface area contributed by atoms with Crippen LogP contribution in [-0.4, -0.2) is 5.91 Å². The third-order valence-electron chi connectivity index (χ3n) is 2.77. The van der Waals surface area contributed by atoms with Crippen molar-refractivity contribution in [2.75, 3.05) is 11.1 Å². The summed E-state index contributed by atoms with van der Waals surface area (Å²) >= 11 is 0. The monoisotopic (exact) mass is 241 g/mol. The molecule has 0 radical (unpaired) electrons. The minimum absolute atomic E-state index is 0.387. The van der Waals surface area contributed by atoms with Crippen LogP contribution in [0.25, 0.3) is 0 Å². The summed E-state index contributed by atoms with van der Waals surface area (Å²) in [6, 6.07) is 12.9. The van der Waals surface area contributed by atoms with E-state index in [4.69, 9.17) is 11.5 Å². The van der Waals surface area contributed by atoms with Crippen molar-refractivity contribution in [3.05, 3.63) is 53.6 Å². The normalized spacial score (nSPS) is 10.1. The van der Waals surface area contributed by atoms with Gasteiger partial charge in [-0.3, -0.25) is 4.79 Å². The highest BCUT2D eigenvalue weighted by atomic mass is 16.1. The van der Waals surface area contributed by atoms with E-state index in [1.54, 1.807) is 18.2 Å². The molecule has 2 rings (SSSR count). The Morgan fingerprint density at radius 2 is 1.83 bits per heavy atom. The summed E-state index contributed by atoms with van der Waals surface area (Å²) in [7, 11) is 0. The van der Waals surface area contributed by atoms with Crippen LogP contribution in [0.15, 0.2) is 42.5 Å². The summed E-state index contributed by atoms with van der Waals surface area (Å²) in [4.78, 5) is 11.4. The molecule has 0 bridgehead atoms. The molecule has 18 heavy (non-hydrogen) atoms. The molecule has 2 aromatic rings. The molecule has 4 heteroatoms. The number of nitrogens with one attached hydrogen (secondary N) is 1. The molecule has 0 aliphatic rings. The molecule has 0 spiro atoms. The van der Waals surface area contributed by atoms with Gasteiger partial charge in [0.25, 0.3) is 5.91 Å². The first-order valence-corrected chi connectivity index (χ1v) is 5.60. The van der Waals surface area contributed by atoms with Gasteiger partial charge in [-0.2, -0.15) is 0 Å². The maximum atomic E-state index is 11.4. The van der Waals surface area contributed by atoms with Crippen LogP contribution in [0.1, 0.15) is 15.9 Å². The molecule has 5 N–H and O–H groups in total. The van der Waals surface area contributed by atoms with E-state index < -0.39 is 5.91 Å². The van der Waals surface area contributed by atoms with E-state index in [-0.39, 0.29) is 0 Å². The average Bonchev–Trinajstić information content (AvgIpc) is 2.34. The number of rotatable bonds is 3. The van der Waals surface area contributed by atoms with Gasteiger partial charge in [0.2, 0.25) is 0 Å². The molecule has 0 aliphatic carbocycles. The largest absolute Gasteiger partial charge is 0.397 e. The second-order valence-corrected chi connectivity index (χ2v) is 4.07. The number of nitrogen functional groups attached to an aromatic ring is 1. The van der Waals surface area contributed by atoms with Crippen molar-refractivity contribution in [2.45, 2.75) is 6.92 Å². The molecule has 4 nitrogen and oxygen atoms in total. The highest BCUT2D eigenvalue weighted by Crippen LogP contribution is 2.28. The van der Waals surface area contributed by atoms with Crippen molar-refractivity contribution in [3.63, 3.8) is 0 Å². The summed E-state index contributed by atoms with van der Waals surface area (Å²) < 4.78 is 0. The van der Waals surface area contributed by atoms with Crippen LogP contribution in [0.4, 0.5) is 17.1 Å². The van der Waals surface area contributed by atoms with Gasteiger partial charge in [0.15, 0.2) is 0 Å². The fourth-order valence-electron chi connectivity index (χ4n) is 1.76. The van der Waals surface area contributed by atoms with Crippen LogP contribution in [-0.2, 0) is 0 Å². The molecule has 0 heterocycles. The highest BCUT2D eigenvalue weighted by molar-refractivity contribution is 6.02. The van der Waals surface area contributed by atoms with E-state index in [0.29, 0.717) is 16.9 Å². The lowest BCUT2D eigenvalue weighted by molar-refractivity contribution is 0.100. The Labute approximate surface area is 106 Å².